The predicted molar refractivity (Wildman–Crippen MR) is 50.0 cm³/mol. The Balaban J connectivity index is 3.96. The van der Waals surface area contributed by atoms with Crippen molar-refractivity contribution in [3.8, 4) is 0 Å². The van der Waals surface area contributed by atoms with Gasteiger partial charge in [0.1, 0.15) is 0 Å². The standard InChI is InChI=1S/C10H16O2/c1-4-5-8(2)6-9(3)7-10(11)12/h4,6,8H,1,5,7H2,2-3H3,(H,11,12)/b9-6+. The molecule has 0 saturated heterocycles. The maximum Gasteiger partial charge on any atom is 0.307 e. The van der Waals surface area contributed by atoms with Gasteiger partial charge < -0.3 is 5.11 Å². The van der Waals surface area contributed by atoms with Gasteiger partial charge in [-0.2, -0.15) is 0 Å². The predicted octanol–water partition coefficient (Wildman–Crippen LogP) is 2.62. The van der Waals surface area contributed by atoms with E-state index in [1.165, 1.54) is 0 Å². The minimum atomic E-state index is -0.769. The first-order valence-electron chi connectivity index (χ1n) is 4.06. The van der Waals surface area contributed by atoms with Crippen LogP contribution in [0.15, 0.2) is 24.3 Å². The summed E-state index contributed by atoms with van der Waals surface area (Å²) in [6, 6.07) is 0. The smallest absolute Gasteiger partial charge is 0.307 e. The summed E-state index contributed by atoms with van der Waals surface area (Å²) in [7, 11) is 0. The van der Waals surface area contributed by atoms with Crippen LogP contribution in [0.1, 0.15) is 26.7 Å². The minimum absolute atomic E-state index is 0.140. The zero-order valence-electron chi connectivity index (χ0n) is 7.71. The van der Waals surface area contributed by atoms with Gasteiger partial charge in [-0.15, -0.1) is 6.58 Å². The molecule has 0 aliphatic heterocycles. The lowest BCUT2D eigenvalue weighted by Gasteiger charge is -2.03. The first kappa shape index (κ1) is 11.0. The first-order valence-corrected chi connectivity index (χ1v) is 4.06. The number of hydrogen-bond acceptors (Lipinski definition) is 1. The molecule has 0 aliphatic carbocycles. The van der Waals surface area contributed by atoms with Gasteiger partial charge in [0.15, 0.2) is 0 Å². The van der Waals surface area contributed by atoms with Gasteiger partial charge >= 0.3 is 5.97 Å². The molecule has 0 rings (SSSR count). The van der Waals surface area contributed by atoms with Crippen LogP contribution >= 0.6 is 0 Å². The van der Waals surface area contributed by atoms with E-state index in [0.717, 1.165) is 12.0 Å². The van der Waals surface area contributed by atoms with E-state index < -0.39 is 5.97 Å². The molecule has 0 bridgehead atoms. The molecule has 1 N–H and O–H groups in total. The molecule has 12 heavy (non-hydrogen) atoms. The van der Waals surface area contributed by atoms with Crippen molar-refractivity contribution in [1.29, 1.82) is 0 Å². The van der Waals surface area contributed by atoms with Crippen LogP contribution in [-0.2, 0) is 4.79 Å². The minimum Gasteiger partial charge on any atom is -0.481 e. The second-order valence-electron chi connectivity index (χ2n) is 3.09. The Bertz CT molecular complexity index is 192. The lowest BCUT2D eigenvalue weighted by molar-refractivity contribution is -0.136. The average Bonchev–Trinajstić information content (AvgIpc) is 1.84. The molecular weight excluding hydrogens is 152 g/mol. The third-order valence-corrected chi connectivity index (χ3v) is 1.54. The molecule has 0 fully saturated rings. The zero-order chi connectivity index (χ0) is 9.56. The summed E-state index contributed by atoms with van der Waals surface area (Å²) >= 11 is 0. The molecule has 0 radical (unpaired) electrons. The number of allylic oxidation sites excluding steroid dienone is 2. The fraction of sp³-hybridized carbons (Fsp3) is 0.500. The van der Waals surface area contributed by atoms with Crippen LogP contribution in [0, 0.1) is 5.92 Å². The first-order chi connectivity index (χ1) is 5.56. The summed E-state index contributed by atoms with van der Waals surface area (Å²) in [4.78, 5) is 10.3. The van der Waals surface area contributed by atoms with Crippen LogP contribution in [0.25, 0.3) is 0 Å². The van der Waals surface area contributed by atoms with Crippen LogP contribution in [0.3, 0.4) is 0 Å². The summed E-state index contributed by atoms with van der Waals surface area (Å²) in [5, 5.41) is 8.47. The quantitative estimate of drug-likeness (QED) is 0.641. The van der Waals surface area contributed by atoms with Crippen molar-refractivity contribution >= 4 is 5.97 Å². The van der Waals surface area contributed by atoms with E-state index in [4.69, 9.17) is 5.11 Å². The van der Waals surface area contributed by atoms with E-state index >= 15 is 0 Å². The Labute approximate surface area is 73.6 Å². The molecule has 0 aromatic carbocycles. The Morgan fingerprint density at radius 3 is 2.67 bits per heavy atom. The number of hydrogen-bond donors (Lipinski definition) is 1. The highest BCUT2D eigenvalue weighted by Crippen LogP contribution is 2.09. The van der Waals surface area contributed by atoms with E-state index in [2.05, 4.69) is 6.58 Å². The Morgan fingerprint density at radius 1 is 1.67 bits per heavy atom. The largest absolute Gasteiger partial charge is 0.481 e. The number of aliphatic carboxylic acids is 1. The highest BCUT2D eigenvalue weighted by Gasteiger charge is 2.00. The molecule has 1 unspecified atom stereocenters. The lowest BCUT2D eigenvalue weighted by Crippen LogP contribution is -1.97. The molecule has 0 saturated carbocycles. The second kappa shape index (κ2) is 5.58. The van der Waals surface area contributed by atoms with E-state index in [9.17, 15) is 4.79 Å². The van der Waals surface area contributed by atoms with Crippen molar-refractivity contribution in [2.75, 3.05) is 0 Å². The third-order valence-electron chi connectivity index (χ3n) is 1.54. The normalized spacial score (nSPS) is 14.0. The molecule has 0 aromatic rings. The van der Waals surface area contributed by atoms with Crippen LogP contribution in [-0.4, -0.2) is 11.1 Å². The zero-order valence-corrected chi connectivity index (χ0v) is 7.71. The summed E-state index contributed by atoms with van der Waals surface area (Å²) in [5.74, 6) is -0.378. The van der Waals surface area contributed by atoms with E-state index in [-0.39, 0.29) is 6.42 Å². The van der Waals surface area contributed by atoms with Gasteiger partial charge in [0.05, 0.1) is 6.42 Å². The fourth-order valence-electron chi connectivity index (χ4n) is 1.11. The summed E-state index contributed by atoms with van der Waals surface area (Å²) in [5.41, 5.74) is 0.914. The Kier molecular flexibility index (Phi) is 5.09. The third kappa shape index (κ3) is 5.71. The van der Waals surface area contributed by atoms with Crippen molar-refractivity contribution in [2.24, 2.45) is 5.92 Å². The lowest BCUT2D eigenvalue weighted by atomic mass is 10.0. The van der Waals surface area contributed by atoms with Gasteiger partial charge in [0.25, 0.3) is 0 Å². The van der Waals surface area contributed by atoms with Crippen molar-refractivity contribution in [2.45, 2.75) is 26.7 Å². The van der Waals surface area contributed by atoms with Gasteiger partial charge in [-0.25, -0.2) is 0 Å². The van der Waals surface area contributed by atoms with Gasteiger partial charge in [-0.05, 0) is 19.3 Å². The van der Waals surface area contributed by atoms with Gasteiger partial charge in [-0.1, -0.05) is 24.6 Å². The molecule has 0 spiro atoms. The molecule has 2 heteroatoms. The SMILES string of the molecule is C=CCC(C)/C=C(\C)CC(=O)O. The van der Waals surface area contributed by atoms with Crippen LogP contribution in [0.4, 0.5) is 0 Å². The number of carbonyl (C=O) groups is 1. The van der Waals surface area contributed by atoms with E-state index in [0.29, 0.717) is 5.92 Å². The summed E-state index contributed by atoms with van der Waals surface area (Å²) in [6.07, 6.45) is 4.86. The molecular formula is C10H16O2. The van der Waals surface area contributed by atoms with Crippen molar-refractivity contribution in [3.05, 3.63) is 24.3 Å². The molecule has 0 heterocycles. The highest BCUT2D eigenvalue weighted by molar-refractivity contribution is 5.69. The topological polar surface area (TPSA) is 37.3 Å². The summed E-state index contributed by atoms with van der Waals surface area (Å²) < 4.78 is 0. The van der Waals surface area contributed by atoms with Crippen LogP contribution in [0.2, 0.25) is 0 Å². The Morgan fingerprint density at radius 2 is 2.25 bits per heavy atom. The number of carboxylic acid groups (broad SMARTS) is 1. The fourth-order valence-corrected chi connectivity index (χ4v) is 1.11. The molecule has 68 valence electrons. The molecule has 0 amide bonds. The van der Waals surface area contributed by atoms with Crippen LogP contribution < -0.4 is 0 Å². The molecule has 0 aromatic heterocycles. The van der Waals surface area contributed by atoms with Crippen molar-refractivity contribution in [3.63, 3.8) is 0 Å². The molecule has 2 nitrogen and oxygen atoms in total. The Hall–Kier alpha value is -1.05. The van der Waals surface area contributed by atoms with E-state index in [1.54, 1.807) is 0 Å². The van der Waals surface area contributed by atoms with Gasteiger partial charge in [-0.3, -0.25) is 4.79 Å². The van der Waals surface area contributed by atoms with Crippen molar-refractivity contribution in [1.82, 2.24) is 0 Å². The average molecular weight is 168 g/mol. The number of carboxylic acids is 1. The number of rotatable bonds is 5. The van der Waals surface area contributed by atoms with Crippen LogP contribution in [0.5, 0.6) is 0 Å². The van der Waals surface area contributed by atoms with Crippen molar-refractivity contribution < 1.29 is 9.90 Å². The maximum absolute atomic E-state index is 10.3. The molecule has 0 aliphatic rings. The highest BCUT2D eigenvalue weighted by atomic mass is 16.4. The monoisotopic (exact) mass is 168 g/mol. The van der Waals surface area contributed by atoms with Gasteiger partial charge in [0.2, 0.25) is 0 Å². The summed E-state index contributed by atoms with van der Waals surface area (Å²) in [6.45, 7) is 7.51. The van der Waals surface area contributed by atoms with Gasteiger partial charge in [0, 0.05) is 0 Å². The molecule has 1 atom stereocenters. The second-order valence-corrected chi connectivity index (χ2v) is 3.09. The van der Waals surface area contributed by atoms with E-state index in [1.807, 2.05) is 26.0 Å². The maximum atomic E-state index is 10.3.